The Morgan fingerprint density at radius 1 is 1.07 bits per heavy atom. The van der Waals surface area contributed by atoms with Crippen LogP contribution in [0.4, 0.5) is 5.69 Å². The maximum Gasteiger partial charge on any atom is 0.325 e. The summed E-state index contributed by atoms with van der Waals surface area (Å²) in [6.07, 6.45) is 8.15. The highest BCUT2D eigenvalue weighted by atomic mass is 16.5. The molecule has 4 rings (SSSR count). The summed E-state index contributed by atoms with van der Waals surface area (Å²) in [5, 5.41) is 10.5. The smallest absolute Gasteiger partial charge is 0.325 e. The van der Waals surface area contributed by atoms with Gasteiger partial charge in [-0.05, 0) is 56.2 Å². The van der Waals surface area contributed by atoms with Crippen LogP contribution in [-0.4, -0.2) is 58.2 Å². The fourth-order valence-corrected chi connectivity index (χ4v) is 5.53. The number of carbonyl (C=O) groups is 2. The second-order valence-corrected chi connectivity index (χ2v) is 10.9. The third kappa shape index (κ3) is 8.70. The summed E-state index contributed by atoms with van der Waals surface area (Å²) in [5.41, 5.74) is 8.69. The first-order valence-corrected chi connectivity index (χ1v) is 15.0. The van der Waals surface area contributed by atoms with Crippen LogP contribution < -0.4 is 10.5 Å². The van der Waals surface area contributed by atoms with Gasteiger partial charge in [0.2, 0.25) is 5.91 Å². The van der Waals surface area contributed by atoms with Crippen molar-refractivity contribution in [2.75, 3.05) is 13.2 Å². The number of aliphatic imine (C=N–C) groups is 1. The number of guanidine groups is 1. The van der Waals surface area contributed by atoms with E-state index in [1.807, 2.05) is 55.5 Å². The van der Waals surface area contributed by atoms with E-state index in [-0.39, 0.29) is 37.0 Å². The summed E-state index contributed by atoms with van der Waals surface area (Å²) in [7, 11) is 0. The van der Waals surface area contributed by atoms with Gasteiger partial charge in [0.05, 0.1) is 18.8 Å². The van der Waals surface area contributed by atoms with Gasteiger partial charge in [0.25, 0.3) is 0 Å². The zero-order valence-electron chi connectivity index (χ0n) is 24.2. The summed E-state index contributed by atoms with van der Waals surface area (Å²) < 4.78 is 11.5. The minimum absolute atomic E-state index is 0.00538. The molecule has 2 aromatic carbocycles. The number of hydrogen-bond acceptors (Lipinski definition) is 8. The number of unbranched alkanes of at least 4 members (excludes halogenated alkanes) is 2. The van der Waals surface area contributed by atoms with Gasteiger partial charge in [0.15, 0.2) is 5.96 Å². The Morgan fingerprint density at radius 2 is 1.85 bits per heavy atom. The molecule has 9 nitrogen and oxygen atoms in total. The Bertz CT molecular complexity index is 1170. The third-order valence-corrected chi connectivity index (χ3v) is 7.81. The van der Waals surface area contributed by atoms with Crippen molar-refractivity contribution in [3.63, 3.8) is 0 Å². The lowest BCUT2D eigenvalue weighted by molar-refractivity contribution is -0.147. The monoisotopic (exact) mass is 564 g/mol. The van der Waals surface area contributed by atoms with Crippen molar-refractivity contribution in [3.05, 3.63) is 59.7 Å². The Hall–Kier alpha value is -3.59. The van der Waals surface area contributed by atoms with Crippen molar-refractivity contribution in [3.8, 4) is 5.75 Å². The number of nitrogens with zero attached hydrogens (tertiary/aromatic N) is 3. The number of aliphatic hydroxyl groups excluding tert-OH is 1. The molecule has 9 heteroatoms. The molecule has 222 valence electrons. The van der Waals surface area contributed by atoms with E-state index in [1.165, 1.54) is 6.42 Å². The first-order valence-electron chi connectivity index (χ1n) is 15.0. The van der Waals surface area contributed by atoms with Crippen LogP contribution in [0.25, 0.3) is 0 Å². The average molecular weight is 565 g/mol. The number of esters is 1. The number of rotatable bonds is 14. The van der Waals surface area contributed by atoms with E-state index in [0.717, 1.165) is 61.8 Å². The summed E-state index contributed by atoms with van der Waals surface area (Å²) in [5.74, 6) is 0.664. The molecule has 0 radical (unpaired) electrons. The van der Waals surface area contributed by atoms with Crippen LogP contribution in [0.1, 0.15) is 82.3 Å². The number of carbonyl (C=O) groups excluding carboxylic acids is 2. The molecular weight excluding hydrogens is 520 g/mol. The lowest BCUT2D eigenvalue weighted by atomic mass is 9.93. The fraction of sp³-hybridized carbons (Fsp3) is 0.531. The molecule has 2 aromatic rings. The number of hydrogen-bond donors (Lipinski definition) is 2. The maximum absolute atomic E-state index is 13.0. The Kier molecular flexibility index (Phi) is 11.4. The third-order valence-electron chi connectivity index (χ3n) is 7.81. The summed E-state index contributed by atoms with van der Waals surface area (Å²) in [6.45, 7) is 3.02. The number of amides is 1. The lowest BCUT2D eigenvalue weighted by Gasteiger charge is -2.37. The van der Waals surface area contributed by atoms with Crippen LogP contribution in [0, 0.1) is 0 Å². The van der Waals surface area contributed by atoms with Crippen molar-refractivity contribution >= 4 is 23.5 Å². The molecule has 2 aliphatic rings. The largest absolute Gasteiger partial charge is 0.493 e. The van der Waals surface area contributed by atoms with Gasteiger partial charge >= 0.3 is 5.97 Å². The van der Waals surface area contributed by atoms with Gasteiger partial charge in [-0.3, -0.25) is 9.59 Å². The molecule has 0 aromatic heterocycles. The second-order valence-electron chi connectivity index (χ2n) is 10.9. The predicted octanol–water partition coefficient (Wildman–Crippen LogP) is 5.02. The molecule has 1 aliphatic heterocycles. The molecule has 1 fully saturated rings. The topological polar surface area (TPSA) is 118 Å². The van der Waals surface area contributed by atoms with Gasteiger partial charge in [-0.25, -0.2) is 4.99 Å². The molecule has 0 saturated heterocycles. The van der Waals surface area contributed by atoms with Gasteiger partial charge < -0.3 is 30.1 Å². The number of nitrogens with two attached hydrogens (primary N) is 1. The highest BCUT2D eigenvalue weighted by molar-refractivity contribution is 5.87. The summed E-state index contributed by atoms with van der Waals surface area (Å²) in [6, 6.07) is 15.4. The molecule has 1 saturated carbocycles. The van der Waals surface area contributed by atoms with E-state index in [2.05, 4.69) is 4.99 Å². The Morgan fingerprint density at radius 3 is 2.61 bits per heavy atom. The predicted molar refractivity (Wildman–Crippen MR) is 158 cm³/mol. The minimum atomic E-state index is -0.694. The maximum atomic E-state index is 13.0. The molecule has 41 heavy (non-hydrogen) atoms. The Labute approximate surface area is 243 Å². The summed E-state index contributed by atoms with van der Waals surface area (Å²) >= 11 is 0. The van der Waals surface area contributed by atoms with Crippen molar-refractivity contribution in [2.24, 2.45) is 10.7 Å². The van der Waals surface area contributed by atoms with Crippen molar-refractivity contribution in [1.29, 1.82) is 0 Å². The molecule has 1 aliphatic carbocycles. The number of fused-ring (bicyclic) bond motifs is 1. The van der Waals surface area contributed by atoms with Gasteiger partial charge in [-0.15, -0.1) is 0 Å². The van der Waals surface area contributed by atoms with Crippen molar-refractivity contribution in [1.82, 2.24) is 9.80 Å². The van der Waals surface area contributed by atoms with Crippen molar-refractivity contribution in [2.45, 2.75) is 96.6 Å². The van der Waals surface area contributed by atoms with Gasteiger partial charge in [-0.1, -0.05) is 62.6 Å². The van der Waals surface area contributed by atoms with Crippen LogP contribution in [0.2, 0.25) is 0 Å². The lowest BCUT2D eigenvalue weighted by Crippen LogP contribution is -2.47. The van der Waals surface area contributed by atoms with Crippen LogP contribution >= 0.6 is 0 Å². The van der Waals surface area contributed by atoms with Crippen LogP contribution in [0.5, 0.6) is 5.75 Å². The fourth-order valence-electron chi connectivity index (χ4n) is 5.53. The van der Waals surface area contributed by atoms with Gasteiger partial charge in [-0.2, -0.15) is 0 Å². The number of benzene rings is 2. The molecular formula is C32H44N4O5. The van der Waals surface area contributed by atoms with Gasteiger partial charge in [0, 0.05) is 18.0 Å². The average Bonchev–Trinajstić information content (AvgIpc) is 2.99. The quantitative estimate of drug-likeness (QED) is 0.188. The van der Waals surface area contributed by atoms with Gasteiger partial charge in [0.1, 0.15) is 25.1 Å². The highest BCUT2D eigenvalue weighted by Gasteiger charge is 2.29. The second kappa shape index (κ2) is 15.4. The van der Waals surface area contributed by atoms with Crippen molar-refractivity contribution < 1.29 is 24.2 Å². The first kappa shape index (κ1) is 30.4. The molecule has 1 atom stereocenters. The minimum Gasteiger partial charge on any atom is -0.493 e. The molecule has 0 bridgehead atoms. The van der Waals surface area contributed by atoms with Crippen LogP contribution in [0.15, 0.2) is 53.5 Å². The zero-order chi connectivity index (χ0) is 29.0. The molecule has 1 unspecified atom stereocenters. The van der Waals surface area contributed by atoms with Crippen LogP contribution in [0.3, 0.4) is 0 Å². The van der Waals surface area contributed by atoms with E-state index in [0.29, 0.717) is 31.7 Å². The SMILES string of the molecule is CCC(O)N(C(=O)CCCCCOc1cccc2c1CN(CC(=O)OCc1ccccc1)C(N)=N2)C1CCCCC1. The molecule has 0 spiro atoms. The highest BCUT2D eigenvalue weighted by Crippen LogP contribution is 2.33. The first-order chi connectivity index (χ1) is 20.0. The standard InChI is InChI=1S/C32H44N4O5/c1-2-29(37)36(25-15-8-4-9-16-25)30(38)19-10-5-11-20-40-28-18-12-17-27-26(28)21-35(32(33)34-27)22-31(39)41-23-24-13-6-3-7-14-24/h3,6-7,12-14,17-18,25,29,37H,2,4-5,8-11,15-16,19-23H2,1H3,(H2,33,34). The van der Waals surface area contributed by atoms with E-state index in [9.17, 15) is 14.7 Å². The molecule has 1 heterocycles. The van der Waals surface area contributed by atoms with E-state index in [1.54, 1.807) is 9.80 Å². The molecule has 1 amide bonds. The summed E-state index contributed by atoms with van der Waals surface area (Å²) in [4.78, 5) is 33.4. The van der Waals surface area contributed by atoms with E-state index in [4.69, 9.17) is 15.2 Å². The van der Waals surface area contributed by atoms with E-state index < -0.39 is 6.23 Å². The Balaban J connectivity index is 1.22. The molecule has 3 N–H and O–H groups in total. The van der Waals surface area contributed by atoms with Crippen LogP contribution in [-0.2, 0) is 27.5 Å². The number of aliphatic hydroxyl groups is 1. The zero-order valence-corrected chi connectivity index (χ0v) is 24.2. The number of ether oxygens (including phenoxy) is 2. The van der Waals surface area contributed by atoms with E-state index >= 15 is 0 Å². The normalized spacial score (nSPS) is 16.0.